The Kier molecular flexibility index (Phi) is 9.32. The maximum Gasteiger partial charge on any atom is 0.225 e. The van der Waals surface area contributed by atoms with E-state index in [1.165, 1.54) is 21.9 Å². The van der Waals surface area contributed by atoms with Crippen molar-refractivity contribution in [1.82, 2.24) is 9.62 Å². The van der Waals surface area contributed by atoms with E-state index in [1.54, 1.807) is 35.8 Å². The minimum absolute atomic E-state index is 0.109. The Morgan fingerprint density at radius 2 is 1.84 bits per heavy atom. The van der Waals surface area contributed by atoms with E-state index in [9.17, 15) is 9.18 Å². The minimum atomic E-state index is -0.448. The van der Waals surface area contributed by atoms with Crippen LogP contribution in [0.15, 0.2) is 58.3 Å². The Balaban J connectivity index is 1.36. The second kappa shape index (κ2) is 12.0. The van der Waals surface area contributed by atoms with Gasteiger partial charge in [-0.05, 0) is 86.4 Å². The van der Waals surface area contributed by atoms with E-state index in [2.05, 4.69) is 40.1 Å². The van der Waals surface area contributed by atoms with Crippen LogP contribution in [0, 0.1) is 11.2 Å². The molecule has 1 saturated heterocycles. The number of hydrogen-bond acceptors (Lipinski definition) is 5. The van der Waals surface area contributed by atoms with Crippen LogP contribution in [0.5, 0.6) is 5.75 Å². The van der Waals surface area contributed by atoms with Crippen molar-refractivity contribution >= 4 is 29.6 Å². The van der Waals surface area contributed by atoms with Crippen molar-refractivity contribution in [3.8, 4) is 5.75 Å². The molecule has 0 aromatic heterocycles. The van der Waals surface area contributed by atoms with E-state index in [1.807, 2.05) is 13.8 Å². The summed E-state index contributed by atoms with van der Waals surface area (Å²) < 4.78 is 21.0. The number of carbonyl (C=O) groups excluding carboxylic acids is 1. The van der Waals surface area contributed by atoms with Crippen molar-refractivity contribution in [3.63, 3.8) is 0 Å². The molecule has 1 aliphatic heterocycles. The first-order valence-electron chi connectivity index (χ1n) is 11.1. The fraction of sp³-hybridized carbons (Fsp3) is 0.480. The highest BCUT2D eigenvalue weighted by Gasteiger charge is 2.30. The fourth-order valence-electron chi connectivity index (χ4n) is 3.63. The summed E-state index contributed by atoms with van der Waals surface area (Å²) in [5.41, 5.74) is -0.448. The van der Waals surface area contributed by atoms with Gasteiger partial charge in [0.2, 0.25) is 5.91 Å². The number of rotatable bonds is 10. The average molecular weight is 477 g/mol. The van der Waals surface area contributed by atoms with Gasteiger partial charge in [-0.2, -0.15) is 0 Å². The largest absolute Gasteiger partial charge is 0.494 e. The summed E-state index contributed by atoms with van der Waals surface area (Å²) in [6.07, 6.45) is 5.52. The van der Waals surface area contributed by atoms with E-state index in [0.29, 0.717) is 12.4 Å². The number of amides is 1. The molecule has 0 spiro atoms. The zero-order valence-corrected chi connectivity index (χ0v) is 20.7. The quantitative estimate of drug-likeness (QED) is 0.258. The number of piperidine rings is 1. The highest BCUT2D eigenvalue weighted by molar-refractivity contribution is 7.99. The number of nitrogens with one attached hydrogen (secondary N) is 1. The zero-order valence-electron chi connectivity index (χ0n) is 19.1. The van der Waals surface area contributed by atoms with Crippen molar-refractivity contribution in [3.05, 3.63) is 54.3 Å². The summed E-state index contributed by atoms with van der Waals surface area (Å²) in [6.45, 7) is 6.42. The Morgan fingerprint density at radius 3 is 2.53 bits per heavy atom. The van der Waals surface area contributed by atoms with Gasteiger partial charge in [0.05, 0.1) is 6.61 Å². The minimum Gasteiger partial charge on any atom is -0.494 e. The molecule has 4 nitrogen and oxygen atoms in total. The molecule has 0 unspecified atom stereocenters. The molecular weight excluding hydrogens is 443 g/mol. The van der Waals surface area contributed by atoms with E-state index in [4.69, 9.17) is 4.74 Å². The molecule has 1 heterocycles. The lowest BCUT2D eigenvalue weighted by molar-refractivity contribution is -0.130. The monoisotopic (exact) mass is 476 g/mol. The maximum absolute atomic E-state index is 13.0. The summed E-state index contributed by atoms with van der Waals surface area (Å²) in [5.74, 6) is 0.487. The van der Waals surface area contributed by atoms with Crippen LogP contribution in [0.1, 0.15) is 39.5 Å². The van der Waals surface area contributed by atoms with Crippen molar-refractivity contribution in [1.29, 1.82) is 0 Å². The van der Waals surface area contributed by atoms with Gasteiger partial charge in [0.25, 0.3) is 0 Å². The van der Waals surface area contributed by atoms with Crippen LogP contribution in [-0.4, -0.2) is 42.2 Å². The van der Waals surface area contributed by atoms with Crippen LogP contribution in [0.25, 0.3) is 0 Å². The summed E-state index contributed by atoms with van der Waals surface area (Å²) in [6, 6.07) is 14.9. The highest BCUT2D eigenvalue weighted by atomic mass is 32.2. The summed E-state index contributed by atoms with van der Waals surface area (Å²) in [5, 5.41) is 3.27. The molecule has 1 aliphatic rings. The molecule has 1 amide bonds. The molecule has 0 atom stereocenters. The third-order valence-electron chi connectivity index (χ3n) is 5.71. The normalized spacial score (nSPS) is 15.5. The molecule has 174 valence electrons. The van der Waals surface area contributed by atoms with Crippen LogP contribution in [0.2, 0.25) is 0 Å². The van der Waals surface area contributed by atoms with E-state index < -0.39 is 5.41 Å². The van der Waals surface area contributed by atoms with Crippen LogP contribution in [0.4, 0.5) is 4.39 Å². The lowest BCUT2D eigenvalue weighted by Crippen LogP contribution is -2.47. The number of halogens is 1. The first kappa shape index (κ1) is 24.9. The molecule has 1 fully saturated rings. The van der Waals surface area contributed by atoms with Crippen LogP contribution >= 0.6 is 23.7 Å². The first-order chi connectivity index (χ1) is 15.4. The third-order valence-corrected chi connectivity index (χ3v) is 7.52. The van der Waals surface area contributed by atoms with Gasteiger partial charge in [-0.25, -0.2) is 8.70 Å². The Bertz CT molecular complexity index is 869. The standard InChI is InChI=1S/C25H33FN2O2S2/c1-25(2,14-5-17-30-21-10-8-19(26)9-11-21)24(29)27-20-12-15-28(16-13-20)32-23-7-4-6-22(18-23)31-3/h4,6-11,18,20H,5,12-17H2,1-3H3,(H,27,29). The number of benzene rings is 2. The zero-order chi connectivity index (χ0) is 23.0. The van der Waals surface area contributed by atoms with Gasteiger partial charge in [-0.1, -0.05) is 19.9 Å². The third kappa shape index (κ3) is 7.71. The number of carbonyl (C=O) groups is 1. The molecule has 2 aromatic carbocycles. The summed E-state index contributed by atoms with van der Waals surface area (Å²) >= 11 is 3.57. The predicted octanol–water partition coefficient (Wildman–Crippen LogP) is 6.02. The Hall–Kier alpha value is -1.70. The molecule has 0 aliphatic carbocycles. The molecule has 0 bridgehead atoms. The van der Waals surface area contributed by atoms with Gasteiger partial charge < -0.3 is 10.1 Å². The van der Waals surface area contributed by atoms with Gasteiger partial charge >= 0.3 is 0 Å². The highest BCUT2D eigenvalue weighted by Crippen LogP contribution is 2.30. The topological polar surface area (TPSA) is 41.6 Å². The van der Waals surface area contributed by atoms with Gasteiger partial charge in [-0.3, -0.25) is 4.79 Å². The molecule has 3 rings (SSSR count). The van der Waals surface area contributed by atoms with Crippen molar-refractivity contribution in [2.75, 3.05) is 26.0 Å². The number of hydrogen-bond donors (Lipinski definition) is 1. The number of nitrogens with zero attached hydrogens (tertiary/aromatic N) is 1. The fourth-order valence-corrected chi connectivity index (χ4v) is 5.17. The molecule has 0 saturated carbocycles. The Labute approximate surface area is 199 Å². The first-order valence-corrected chi connectivity index (χ1v) is 13.1. The van der Waals surface area contributed by atoms with E-state index in [0.717, 1.165) is 38.8 Å². The van der Waals surface area contributed by atoms with Gasteiger partial charge in [0.15, 0.2) is 0 Å². The summed E-state index contributed by atoms with van der Waals surface area (Å²) in [7, 11) is 0. The van der Waals surface area contributed by atoms with Gasteiger partial charge in [0.1, 0.15) is 11.6 Å². The summed E-state index contributed by atoms with van der Waals surface area (Å²) in [4.78, 5) is 15.4. The molecule has 2 aromatic rings. The number of thioether (sulfide) groups is 1. The SMILES string of the molecule is CSc1cccc(SN2CCC(NC(=O)C(C)(C)CCCOc3ccc(F)cc3)CC2)c1. The van der Waals surface area contributed by atoms with E-state index in [-0.39, 0.29) is 17.8 Å². The molecule has 0 radical (unpaired) electrons. The van der Waals surface area contributed by atoms with Crippen molar-refractivity contribution < 1.29 is 13.9 Å². The van der Waals surface area contributed by atoms with Crippen LogP contribution in [-0.2, 0) is 4.79 Å². The van der Waals surface area contributed by atoms with Crippen molar-refractivity contribution in [2.45, 2.75) is 55.4 Å². The van der Waals surface area contributed by atoms with E-state index >= 15 is 0 Å². The molecule has 7 heteroatoms. The number of ether oxygens (including phenoxy) is 1. The molecular formula is C25H33FN2O2S2. The maximum atomic E-state index is 13.0. The Morgan fingerprint density at radius 1 is 1.16 bits per heavy atom. The lowest BCUT2D eigenvalue weighted by atomic mass is 9.86. The van der Waals surface area contributed by atoms with Crippen LogP contribution < -0.4 is 10.1 Å². The molecule has 32 heavy (non-hydrogen) atoms. The van der Waals surface area contributed by atoms with Crippen molar-refractivity contribution in [2.24, 2.45) is 5.41 Å². The second-order valence-electron chi connectivity index (χ2n) is 8.74. The van der Waals surface area contributed by atoms with Gasteiger partial charge in [0, 0.05) is 34.3 Å². The lowest BCUT2D eigenvalue weighted by Gasteiger charge is -2.33. The van der Waals surface area contributed by atoms with Crippen LogP contribution in [0.3, 0.4) is 0 Å². The van der Waals surface area contributed by atoms with Gasteiger partial charge in [-0.15, -0.1) is 11.8 Å². The molecule has 1 N–H and O–H groups in total. The smallest absolute Gasteiger partial charge is 0.225 e. The average Bonchev–Trinajstić information content (AvgIpc) is 2.79. The predicted molar refractivity (Wildman–Crippen MR) is 132 cm³/mol. The second-order valence-corrected chi connectivity index (χ2v) is 10.8.